The van der Waals surface area contributed by atoms with Crippen molar-refractivity contribution in [3.05, 3.63) is 0 Å². The van der Waals surface area contributed by atoms with Gasteiger partial charge in [-0.25, -0.2) is 0 Å². The third-order valence-electron chi connectivity index (χ3n) is 21.3. The van der Waals surface area contributed by atoms with Crippen molar-refractivity contribution in [2.75, 3.05) is 0 Å². The first-order chi connectivity index (χ1) is 27.3. The molecule has 0 heterocycles. The SMILES string of the molecule is CC(C)CCC[C@H](C)[C@@H]1CC[C@H]2[C@H]3CC(=O)[C@@H]4CC(O)CC[C@@]4(C)[C@H]3CC[C@@]21C.CC(C)CCC[C@H](C)[C@@H]1CC[C@H]2[C@H]3CC(=O)[C@@H]4CC(O)CC[C@@]4(C)[C@H]3CC[C@@]21C. The van der Waals surface area contributed by atoms with Gasteiger partial charge >= 0.3 is 0 Å². The van der Waals surface area contributed by atoms with Crippen LogP contribution in [0.5, 0.6) is 0 Å². The maximum Gasteiger partial charge on any atom is 0.136 e. The molecule has 0 aliphatic heterocycles. The number of hydrogen-bond acceptors (Lipinski definition) is 4. The van der Waals surface area contributed by atoms with Crippen LogP contribution in [0.25, 0.3) is 0 Å². The second-order valence-corrected chi connectivity index (χ2v) is 25.1. The van der Waals surface area contributed by atoms with Crippen LogP contribution in [0.3, 0.4) is 0 Å². The second-order valence-electron chi connectivity index (χ2n) is 25.1. The second kappa shape index (κ2) is 17.4. The van der Waals surface area contributed by atoms with Crippen LogP contribution in [-0.2, 0) is 9.59 Å². The smallest absolute Gasteiger partial charge is 0.136 e. The zero-order chi connectivity index (χ0) is 41.9. The number of fused-ring (bicyclic) bond motifs is 10. The molecule has 0 aromatic heterocycles. The molecule has 0 radical (unpaired) electrons. The van der Waals surface area contributed by atoms with Crippen LogP contribution in [0.4, 0.5) is 0 Å². The van der Waals surface area contributed by atoms with Gasteiger partial charge < -0.3 is 10.2 Å². The standard InChI is InChI=1S/2C27H46O2/c2*1-17(2)7-6-8-18(3)21-9-10-22-20-16-25(29)24-15-19(28)11-13-27(24,5)23(20)12-14-26(21,22)4/h2*17-24,28H,6-16H2,1-5H3/t2*18-,19?,20+,21-,22-,23-,24-,26+,27-/m00/s1. The number of ketones is 2. The highest BCUT2D eigenvalue weighted by Crippen LogP contribution is 2.69. The van der Waals surface area contributed by atoms with Gasteiger partial charge in [0.25, 0.3) is 0 Å². The van der Waals surface area contributed by atoms with Crippen molar-refractivity contribution >= 4 is 11.6 Å². The molecule has 0 aromatic carbocycles. The molecule has 8 saturated carbocycles. The van der Waals surface area contributed by atoms with E-state index in [0.29, 0.717) is 46.1 Å². The first-order valence-electron chi connectivity index (χ1n) is 25.7. The summed E-state index contributed by atoms with van der Waals surface area (Å²) in [6, 6.07) is 0. The van der Waals surface area contributed by atoms with Crippen molar-refractivity contribution in [1.82, 2.24) is 0 Å². The number of carbonyl (C=O) groups is 2. The summed E-state index contributed by atoms with van der Waals surface area (Å²) in [6.45, 7) is 24.5. The Morgan fingerprint density at radius 2 is 0.828 bits per heavy atom. The fraction of sp³-hybridized carbons (Fsp3) is 0.963. The molecular weight excluding hydrogens is 713 g/mol. The number of carbonyl (C=O) groups excluding carboxylic acids is 2. The summed E-state index contributed by atoms with van der Waals surface area (Å²) in [5, 5.41) is 20.4. The first kappa shape index (κ1) is 45.3. The van der Waals surface area contributed by atoms with Crippen molar-refractivity contribution in [1.29, 1.82) is 0 Å². The molecule has 2 unspecified atom stereocenters. The van der Waals surface area contributed by atoms with E-state index in [0.717, 1.165) is 98.7 Å². The fourth-order valence-corrected chi connectivity index (χ4v) is 18.1. The number of hydrogen-bond donors (Lipinski definition) is 2. The molecule has 0 amide bonds. The lowest BCUT2D eigenvalue weighted by Gasteiger charge is -2.60. The van der Waals surface area contributed by atoms with Crippen molar-refractivity contribution < 1.29 is 19.8 Å². The predicted molar refractivity (Wildman–Crippen MR) is 239 cm³/mol. The zero-order valence-electron chi connectivity index (χ0n) is 39.5. The third-order valence-corrected chi connectivity index (χ3v) is 21.3. The maximum atomic E-state index is 13.2. The molecule has 8 rings (SSSR count). The fourth-order valence-electron chi connectivity index (χ4n) is 18.1. The van der Waals surface area contributed by atoms with Gasteiger partial charge in [-0.15, -0.1) is 0 Å². The predicted octanol–water partition coefficient (Wildman–Crippen LogP) is 13.3. The average Bonchev–Trinajstić information content (AvgIpc) is 3.70. The Bertz CT molecular complexity index is 1330. The van der Waals surface area contributed by atoms with E-state index in [1.54, 1.807) is 0 Å². The summed E-state index contributed by atoms with van der Waals surface area (Å²) in [5.41, 5.74) is 1.22. The van der Waals surface area contributed by atoms with E-state index in [1.165, 1.54) is 89.9 Å². The molecule has 4 nitrogen and oxygen atoms in total. The highest BCUT2D eigenvalue weighted by atomic mass is 16.3. The van der Waals surface area contributed by atoms with Gasteiger partial charge in [0.15, 0.2) is 0 Å². The van der Waals surface area contributed by atoms with Gasteiger partial charge in [0, 0.05) is 24.7 Å². The van der Waals surface area contributed by atoms with Gasteiger partial charge in [0.05, 0.1) is 12.2 Å². The number of aliphatic hydroxyl groups excluding tert-OH is 2. The third kappa shape index (κ3) is 8.15. The molecule has 2 N–H and O–H groups in total. The maximum absolute atomic E-state index is 13.2. The minimum Gasteiger partial charge on any atom is -0.393 e. The molecule has 0 spiro atoms. The van der Waals surface area contributed by atoms with Crippen LogP contribution in [0.2, 0.25) is 0 Å². The van der Waals surface area contributed by atoms with Crippen LogP contribution in [0.1, 0.15) is 210 Å². The van der Waals surface area contributed by atoms with Crippen LogP contribution in [0.15, 0.2) is 0 Å². The van der Waals surface area contributed by atoms with Crippen LogP contribution >= 0.6 is 0 Å². The summed E-state index contributed by atoms with van der Waals surface area (Å²) in [5.74, 6) is 10.4. The monoisotopic (exact) mass is 805 g/mol. The van der Waals surface area contributed by atoms with Crippen molar-refractivity contribution in [2.45, 2.75) is 223 Å². The zero-order valence-corrected chi connectivity index (χ0v) is 39.5. The molecule has 4 heteroatoms. The van der Waals surface area contributed by atoms with E-state index < -0.39 is 0 Å². The largest absolute Gasteiger partial charge is 0.393 e. The Kier molecular flexibility index (Phi) is 13.6. The Morgan fingerprint density at radius 3 is 1.19 bits per heavy atom. The van der Waals surface area contributed by atoms with Gasteiger partial charge in [0.2, 0.25) is 0 Å². The van der Waals surface area contributed by atoms with E-state index in [2.05, 4.69) is 69.2 Å². The average molecular weight is 805 g/mol. The molecule has 58 heavy (non-hydrogen) atoms. The minimum atomic E-state index is -0.245. The summed E-state index contributed by atoms with van der Waals surface area (Å²) >= 11 is 0. The van der Waals surface area contributed by atoms with E-state index in [1.807, 2.05) is 0 Å². The van der Waals surface area contributed by atoms with E-state index >= 15 is 0 Å². The summed E-state index contributed by atoms with van der Waals surface area (Å²) in [4.78, 5) is 26.5. The first-order valence-corrected chi connectivity index (χ1v) is 25.7. The topological polar surface area (TPSA) is 74.6 Å². The Labute approximate surface area is 357 Å². The van der Waals surface area contributed by atoms with Crippen molar-refractivity contribution in [2.24, 2.45) is 105 Å². The van der Waals surface area contributed by atoms with Crippen LogP contribution in [0, 0.1) is 105 Å². The van der Waals surface area contributed by atoms with Gasteiger partial charge in [-0.3, -0.25) is 9.59 Å². The number of Topliss-reactive ketones (excluding diaryl/α,β-unsaturated/α-hetero) is 2. The highest BCUT2D eigenvalue weighted by Gasteiger charge is 2.64. The van der Waals surface area contributed by atoms with Crippen LogP contribution in [-0.4, -0.2) is 34.0 Å². The number of aliphatic hydroxyl groups is 2. The molecule has 0 bridgehead atoms. The lowest BCUT2D eigenvalue weighted by Crippen LogP contribution is -2.57. The number of rotatable bonds is 10. The van der Waals surface area contributed by atoms with E-state index in [-0.39, 0.29) is 34.9 Å². The van der Waals surface area contributed by atoms with E-state index in [4.69, 9.17) is 0 Å². The molecule has 0 saturated heterocycles. The van der Waals surface area contributed by atoms with E-state index in [9.17, 15) is 19.8 Å². The molecule has 0 aromatic rings. The Balaban J connectivity index is 0.000000177. The molecular formula is C54H92O4. The quantitative estimate of drug-likeness (QED) is 0.231. The molecule has 8 fully saturated rings. The Hall–Kier alpha value is -0.740. The molecule has 18 atom stereocenters. The molecule has 332 valence electrons. The summed E-state index contributed by atoms with van der Waals surface area (Å²) in [6.07, 6.45) is 25.7. The lowest BCUT2D eigenvalue weighted by atomic mass is 9.44. The normalized spacial score (nSPS) is 48.2. The lowest BCUT2D eigenvalue weighted by molar-refractivity contribution is -0.160. The van der Waals surface area contributed by atoms with Gasteiger partial charge in [-0.1, -0.05) is 108 Å². The van der Waals surface area contributed by atoms with Crippen molar-refractivity contribution in [3.63, 3.8) is 0 Å². The van der Waals surface area contributed by atoms with Gasteiger partial charge in [0.1, 0.15) is 11.6 Å². The molecule has 8 aliphatic rings. The van der Waals surface area contributed by atoms with Crippen LogP contribution < -0.4 is 0 Å². The highest BCUT2D eigenvalue weighted by molar-refractivity contribution is 5.84. The van der Waals surface area contributed by atoms with Gasteiger partial charge in [-0.05, 0) is 183 Å². The molecule has 8 aliphatic carbocycles. The minimum absolute atomic E-state index is 0.129. The van der Waals surface area contributed by atoms with Gasteiger partial charge in [-0.2, -0.15) is 0 Å². The van der Waals surface area contributed by atoms with Crippen molar-refractivity contribution in [3.8, 4) is 0 Å². The summed E-state index contributed by atoms with van der Waals surface area (Å²) < 4.78 is 0. The Morgan fingerprint density at radius 1 is 0.483 bits per heavy atom. The summed E-state index contributed by atoms with van der Waals surface area (Å²) in [7, 11) is 0.